The Kier molecular flexibility index (Phi) is 12.9. The normalized spacial score (nSPS) is 13.0. The van der Waals surface area contributed by atoms with Gasteiger partial charge in [0, 0.05) is 35.6 Å². The average Bonchev–Trinajstić information content (AvgIpc) is 3.30. The van der Waals surface area contributed by atoms with Gasteiger partial charge in [-0.05, 0) is 90.0 Å². The van der Waals surface area contributed by atoms with E-state index in [0.717, 1.165) is 44.9 Å². The van der Waals surface area contributed by atoms with Crippen LogP contribution >= 0.6 is 0 Å². The number of ketones is 1. The Bertz CT molecular complexity index is 2660. The van der Waals surface area contributed by atoms with Gasteiger partial charge >= 0.3 is 5.97 Å². The number of aryl methyl sites for hydroxylation is 2. The summed E-state index contributed by atoms with van der Waals surface area (Å²) in [6.07, 6.45) is 0.675. The van der Waals surface area contributed by atoms with Crippen molar-refractivity contribution in [3.8, 4) is 34.5 Å². The second-order valence-electron chi connectivity index (χ2n) is 15.5. The molecule has 8 nitrogen and oxygen atoms in total. The third-order valence-electron chi connectivity index (χ3n) is 10.9. The van der Waals surface area contributed by atoms with E-state index in [9.17, 15) is 9.59 Å². The second-order valence-corrected chi connectivity index (χ2v) is 15.5. The van der Waals surface area contributed by atoms with Crippen LogP contribution in [0.1, 0.15) is 71.1 Å². The zero-order valence-corrected chi connectivity index (χ0v) is 35.1. The van der Waals surface area contributed by atoms with Crippen LogP contribution in [0.4, 0.5) is 0 Å². The summed E-state index contributed by atoms with van der Waals surface area (Å²) in [5, 5.41) is 0. The number of carbonyl (C=O) groups excluding carboxylic acids is 2. The molecule has 7 aromatic rings. The van der Waals surface area contributed by atoms with Crippen molar-refractivity contribution in [2.24, 2.45) is 0 Å². The lowest BCUT2D eigenvalue weighted by atomic mass is 9.87. The van der Waals surface area contributed by atoms with Crippen LogP contribution < -0.4 is 28.4 Å². The largest absolute Gasteiger partial charge is 0.497 e. The van der Waals surface area contributed by atoms with Crippen molar-refractivity contribution >= 4 is 11.8 Å². The SMILES string of the molecule is COc1ccc(CC(=O)c2ccc(C)cc2OC(=O)c2cc(C3COc4cc(OCc5ccccc5)ccc4C3)c(OCc3ccccc3)cc2C)c(OCc2ccccc2)c1. The first-order valence-corrected chi connectivity index (χ1v) is 20.7. The number of hydrogen-bond acceptors (Lipinski definition) is 8. The van der Waals surface area contributed by atoms with Gasteiger partial charge in [-0.1, -0.05) is 109 Å². The molecule has 8 rings (SSSR count). The molecule has 1 atom stereocenters. The van der Waals surface area contributed by atoms with Gasteiger partial charge in [0.25, 0.3) is 0 Å². The molecule has 0 saturated heterocycles. The van der Waals surface area contributed by atoms with E-state index in [2.05, 4.69) is 0 Å². The summed E-state index contributed by atoms with van der Waals surface area (Å²) < 4.78 is 36.8. The van der Waals surface area contributed by atoms with Crippen LogP contribution in [0.2, 0.25) is 0 Å². The summed E-state index contributed by atoms with van der Waals surface area (Å²) in [5.74, 6) is 2.57. The van der Waals surface area contributed by atoms with Gasteiger partial charge in [-0.3, -0.25) is 4.79 Å². The molecule has 0 fully saturated rings. The highest BCUT2D eigenvalue weighted by atomic mass is 16.5. The van der Waals surface area contributed by atoms with Gasteiger partial charge in [-0.2, -0.15) is 0 Å². The van der Waals surface area contributed by atoms with Gasteiger partial charge in [0.2, 0.25) is 0 Å². The van der Waals surface area contributed by atoms with Crippen LogP contribution in [-0.2, 0) is 32.7 Å². The maximum atomic E-state index is 14.3. The first-order chi connectivity index (χ1) is 30.3. The molecule has 0 amide bonds. The maximum absolute atomic E-state index is 14.3. The molecule has 0 aliphatic carbocycles. The van der Waals surface area contributed by atoms with Crippen LogP contribution in [0.3, 0.4) is 0 Å². The highest BCUT2D eigenvalue weighted by molar-refractivity contribution is 6.02. The van der Waals surface area contributed by atoms with Crippen molar-refractivity contribution in [1.29, 1.82) is 0 Å². The van der Waals surface area contributed by atoms with Crippen LogP contribution in [0.5, 0.6) is 34.5 Å². The lowest BCUT2D eigenvalue weighted by Gasteiger charge is -2.28. The molecule has 1 aliphatic rings. The summed E-state index contributed by atoms with van der Waals surface area (Å²) in [6.45, 7) is 5.26. The van der Waals surface area contributed by atoms with Gasteiger partial charge < -0.3 is 28.4 Å². The van der Waals surface area contributed by atoms with Gasteiger partial charge in [0.15, 0.2) is 5.78 Å². The molecular weight excluding hydrogens is 777 g/mol. The number of rotatable bonds is 16. The molecule has 0 radical (unpaired) electrons. The predicted octanol–water partition coefficient (Wildman–Crippen LogP) is 11.4. The lowest BCUT2D eigenvalue weighted by molar-refractivity contribution is 0.0731. The van der Waals surface area contributed by atoms with E-state index in [1.807, 2.05) is 147 Å². The van der Waals surface area contributed by atoms with E-state index in [4.69, 9.17) is 28.4 Å². The lowest BCUT2D eigenvalue weighted by Crippen LogP contribution is -2.21. The highest BCUT2D eigenvalue weighted by Crippen LogP contribution is 2.40. The van der Waals surface area contributed by atoms with Crippen molar-refractivity contribution < 1.29 is 38.0 Å². The smallest absolute Gasteiger partial charge is 0.343 e. The van der Waals surface area contributed by atoms with Gasteiger partial charge in [-0.15, -0.1) is 0 Å². The van der Waals surface area contributed by atoms with E-state index in [1.165, 1.54) is 0 Å². The molecule has 0 aromatic heterocycles. The number of esters is 1. The number of hydrogen-bond donors (Lipinski definition) is 0. The number of benzene rings is 7. The molecule has 0 spiro atoms. The number of methoxy groups -OCH3 is 1. The minimum atomic E-state index is -0.577. The van der Waals surface area contributed by atoms with Crippen molar-refractivity contribution in [1.82, 2.24) is 0 Å². The molecule has 0 N–H and O–H groups in total. The predicted molar refractivity (Wildman–Crippen MR) is 239 cm³/mol. The Morgan fingerprint density at radius 3 is 1.89 bits per heavy atom. The molecule has 1 aliphatic heterocycles. The van der Waals surface area contributed by atoms with Crippen molar-refractivity contribution in [3.63, 3.8) is 0 Å². The Morgan fingerprint density at radius 1 is 0.597 bits per heavy atom. The van der Waals surface area contributed by atoms with Crippen LogP contribution in [-0.4, -0.2) is 25.5 Å². The fourth-order valence-electron chi connectivity index (χ4n) is 7.53. The molecule has 62 heavy (non-hydrogen) atoms. The molecule has 0 bridgehead atoms. The Morgan fingerprint density at radius 2 is 1.23 bits per heavy atom. The standard InChI is InChI=1S/C54H48O8/c1-36-19-24-46(49(55)28-42-20-22-44(57-3)29-50(42)59-33-39-15-9-5-10-16-39)53(25-36)62-54(56)47-31-48(52(26-37(47)2)60-34-40-17-11-6-12-18-40)43-27-41-21-23-45(30-51(41)61-35-43)58-32-38-13-7-4-8-14-38/h4-26,29-31,43H,27-28,32-35H2,1-3H3. The van der Waals surface area contributed by atoms with Crippen molar-refractivity contribution in [3.05, 3.63) is 213 Å². The van der Waals surface area contributed by atoms with Crippen LogP contribution in [0.15, 0.2) is 158 Å². The Balaban J connectivity index is 1.04. The van der Waals surface area contributed by atoms with E-state index in [0.29, 0.717) is 72.4 Å². The van der Waals surface area contributed by atoms with Crippen molar-refractivity contribution in [2.45, 2.75) is 52.4 Å². The first kappa shape index (κ1) is 41.4. The monoisotopic (exact) mass is 824 g/mol. The number of Topliss-reactive ketones (excluding diaryl/α,β-unsaturated/α-hetero) is 1. The first-order valence-electron chi connectivity index (χ1n) is 20.7. The van der Waals surface area contributed by atoms with Crippen molar-refractivity contribution in [2.75, 3.05) is 13.7 Å². The Labute approximate surface area is 362 Å². The third kappa shape index (κ3) is 10.2. The molecule has 0 saturated carbocycles. The zero-order chi connectivity index (χ0) is 42.8. The number of fused-ring (bicyclic) bond motifs is 1. The summed E-state index contributed by atoms with van der Waals surface area (Å²) in [4.78, 5) is 28.4. The topological polar surface area (TPSA) is 89.5 Å². The Hall–Kier alpha value is -7.32. The van der Waals surface area contributed by atoms with E-state index in [-0.39, 0.29) is 23.9 Å². The summed E-state index contributed by atoms with van der Waals surface area (Å²) >= 11 is 0. The third-order valence-corrected chi connectivity index (χ3v) is 10.9. The number of ether oxygens (including phenoxy) is 6. The zero-order valence-electron chi connectivity index (χ0n) is 35.1. The molecule has 312 valence electrons. The molecule has 1 unspecified atom stereocenters. The van der Waals surface area contributed by atoms with E-state index < -0.39 is 5.97 Å². The van der Waals surface area contributed by atoms with Crippen LogP contribution in [0, 0.1) is 13.8 Å². The molecular formula is C54H48O8. The minimum absolute atomic E-state index is 0.0160. The maximum Gasteiger partial charge on any atom is 0.343 e. The fourth-order valence-corrected chi connectivity index (χ4v) is 7.53. The van der Waals surface area contributed by atoms with E-state index >= 15 is 0 Å². The molecule has 7 aromatic carbocycles. The van der Waals surface area contributed by atoms with Gasteiger partial charge in [0.05, 0.1) is 24.8 Å². The van der Waals surface area contributed by atoms with Gasteiger partial charge in [-0.25, -0.2) is 4.79 Å². The van der Waals surface area contributed by atoms with Crippen LogP contribution in [0.25, 0.3) is 0 Å². The molecule has 1 heterocycles. The van der Waals surface area contributed by atoms with E-state index in [1.54, 1.807) is 31.4 Å². The summed E-state index contributed by atoms with van der Waals surface area (Å²) in [5.41, 5.74) is 7.82. The molecule has 8 heteroatoms. The number of carbonyl (C=O) groups is 2. The summed E-state index contributed by atoms with van der Waals surface area (Å²) in [7, 11) is 1.59. The fraction of sp³-hybridized carbons (Fsp3) is 0.185. The van der Waals surface area contributed by atoms with Gasteiger partial charge in [0.1, 0.15) is 54.3 Å². The highest BCUT2D eigenvalue weighted by Gasteiger charge is 2.28. The minimum Gasteiger partial charge on any atom is -0.497 e. The average molecular weight is 825 g/mol. The quantitative estimate of drug-likeness (QED) is 0.0541. The second kappa shape index (κ2) is 19.4. The summed E-state index contributed by atoms with van der Waals surface area (Å²) in [6, 6.07) is 50.2.